The van der Waals surface area contributed by atoms with E-state index in [-0.39, 0.29) is 17.9 Å². The van der Waals surface area contributed by atoms with Crippen molar-refractivity contribution in [2.24, 2.45) is 5.92 Å². The third-order valence-corrected chi connectivity index (χ3v) is 4.87. The van der Waals surface area contributed by atoms with E-state index in [1.165, 1.54) is 5.56 Å². The minimum absolute atomic E-state index is 0.00890. The van der Waals surface area contributed by atoms with E-state index in [0.717, 1.165) is 22.8 Å². The molecular formula is C21H27N3O2S. The number of carbonyl (C=O) groups excluding carboxylic acids is 2. The molecule has 0 spiro atoms. The zero-order chi connectivity index (χ0) is 19.5. The predicted molar refractivity (Wildman–Crippen MR) is 113 cm³/mol. The van der Waals surface area contributed by atoms with Gasteiger partial charge >= 0.3 is 6.03 Å². The average molecular weight is 386 g/mol. The normalized spacial score (nSPS) is 10.5. The second-order valence-electron chi connectivity index (χ2n) is 6.49. The molecule has 5 nitrogen and oxygen atoms in total. The first-order valence-corrected chi connectivity index (χ1v) is 10.2. The Morgan fingerprint density at radius 2 is 1.63 bits per heavy atom. The largest absolute Gasteiger partial charge is 0.337 e. The Morgan fingerprint density at radius 1 is 0.926 bits per heavy atom. The molecule has 6 heteroatoms. The van der Waals surface area contributed by atoms with E-state index in [9.17, 15) is 9.59 Å². The predicted octanol–water partition coefficient (Wildman–Crippen LogP) is 4.01. The Kier molecular flexibility index (Phi) is 8.71. The topological polar surface area (TPSA) is 70.2 Å². The zero-order valence-electron chi connectivity index (χ0n) is 15.8. The van der Waals surface area contributed by atoms with Crippen LogP contribution in [0.5, 0.6) is 0 Å². The number of nitrogens with one attached hydrogen (secondary N) is 3. The van der Waals surface area contributed by atoms with E-state index < -0.39 is 0 Å². The van der Waals surface area contributed by atoms with Gasteiger partial charge in [-0.1, -0.05) is 56.3 Å². The molecular weight excluding hydrogens is 358 g/mol. The minimum atomic E-state index is -0.174. The Balaban J connectivity index is 1.60. The van der Waals surface area contributed by atoms with Crippen molar-refractivity contribution in [3.05, 3.63) is 65.7 Å². The number of anilines is 1. The van der Waals surface area contributed by atoms with Crippen LogP contribution in [0.2, 0.25) is 0 Å². The highest BCUT2D eigenvalue weighted by Crippen LogP contribution is 2.11. The van der Waals surface area contributed by atoms with Crippen LogP contribution < -0.4 is 16.0 Å². The maximum Gasteiger partial charge on any atom is 0.315 e. The van der Waals surface area contributed by atoms with Crippen LogP contribution in [0, 0.1) is 5.92 Å². The molecule has 27 heavy (non-hydrogen) atoms. The van der Waals surface area contributed by atoms with Crippen molar-refractivity contribution in [1.29, 1.82) is 0 Å². The third-order valence-electron chi connectivity index (χ3n) is 3.84. The lowest BCUT2D eigenvalue weighted by molar-refractivity contribution is -0.118. The van der Waals surface area contributed by atoms with Crippen molar-refractivity contribution >= 4 is 29.4 Å². The molecule has 0 fully saturated rings. The molecule has 0 atom stereocenters. The summed E-state index contributed by atoms with van der Waals surface area (Å²) in [6.45, 7) is 4.78. The first kappa shape index (κ1) is 20.8. The summed E-state index contributed by atoms with van der Waals surface area (Å²) >= 11 is 1.79. The standard InChI is InChI=1S/C21H27N3O2S/c1-16(2)20(25)24-19-10-8-17(9-11-19)14-23-21(26)22-12-13-27-15-18-6-4-3-5-7-18/h3-11,16H,12-15H2,1-2H3,(H,24,25)(H2,22,23,26). The number of rotatable bonds is 9. The summed E-state index contributed by atoms with van der Waals surface area (Å²) in [5, 5.41) is 8.54. The van der Waals surface area contributed by atoms with E-state index in [2.05, 4.69) is 28.1 Å². The van der Waals surface area contributed by atoms with Crippen LogP contribution in [0.3, 0.4) is 0 Å². The molecule has 0 bridgehead atoms. The van der Waals surface area contributed by atoms with Gasteiger partial charge in [0.1, 0.15) is 0 Å². The Bertz CT molecular complexity index is 718. The van der Waals surface area contributed by atoms with Gasteiger partial charge in [0, 0.05) is 36.2 Å². The van der Waals surface area contributed by atoms with Gasteiger partial charge in [-0.25, -0.2) is 4.79 Å². The van der Waals surface area contributed by atoms with Crippen molar-refractivity contribution in [3.63, 3.8) is 0 Å². The maximum absolute atomic E-state index is 11.8. The Labute approximate surface area is 165 Å². The summed E-state index contributed by atoms with van der Waals surface area (Å²) in [6.07, 6.45) is 0. The molecule has 2 aromatic rings. The molecule has 0 saturated carbocycles. The minimum Gasteiger partial charge on any atom is -0.337 e. The molecule has 0 aliphatic heterocycles. The fourth-order valence-electron chi connectivity index (χ4n) is 2.24. The first-order valence-electron chi connectivity index (χ1n) is 9.08. The molecule has 0 aliphatic carbocycles. The Hall–Kier alpha value is -2.47. The number of urea groups is 1. The summed E-state index contributed by atoms with van der Waals surface area (Å²) in [4.78, 5) is 23.5. The summed E-state index contributed by atoms with van der Waals surface area (Å²) in [7, 11) is 0. The fourth-order valence-corrected chi connectivity index (χ4v) is 3.06. The van der Waals surface area contributed by atoms with Crippen LogP contribution in [0.15, 0.2) is 54.6 Å². The molecule has 0 heterocycles. The van der Waals surface area contributed by atoms with Crippen LogP contribution in [-0.2, 0) is 17.1 Å². The molecule has 0 unspecified atom stereocenters. The van der Waals surface area contributed by atoms with Crippen molar-refractivity contribution in [2.45, 2.75) is 26.1 Å². The quantitative estimate of drug-likeness (QED) is 0.571. The van der Waals surface area contributed by atoms with Crippen LogP contribution in [-0.4, -0.2) is 24.2 Å². The zero-order valence-corrected chi connectivity index (χ0v) is 16.6. The second-order valence-corrected chi connectivity index (χ2v) is 7.59. The first-order chi connectivity index (χ1) is 13.0. The van der Waals surface area contributed by atoms with Gasteiger partial charge in [-0.05, 0) is 23.3 Å². The number of benzene rings is 2. The number of carbonyl (C=O) groups is 2. The highest BCUT2D eigenvalue weighted by Gasteiger charge is 2.07. The van der Waals surface area contributed by atoms with E-state index in [1.807, 2.05) is 56.3 Å². The van der Waals surface area contributed by atoms with Crippen molar-refractivity contribution in [1.82, 2.24) is 10.6 Å². The Morgan fingerprint density at radius 3 is 2.30 bits per heavy atom. The lowest BCUT2D eigenvalue weighted by Gasteiger charge is -2.10. The highest BCUT2D eigenvalue weighted by molar-refractivity contribution is 7.98. The van der Waals surface area contributed by atoms with Gasteiger partial charge in [0.05, 0.1) is 0 Å². The molecule has 3 N–H and O–H groups in total. The van der Waals surface area contributed by atoms with Gasteiger partial charge in [-0.3, -0.25) is 4.79 Å². The molecule has 0 aromatic heterocycles. The molecule has 144 valence electrons. The van der Waals surface area contributed by atoms with Crippen LogP contribution in [0.1, 0.15) is 25.0 Å². The van der Waals surface area contributed by atoms with Gasteiger partial charge < -0.3 is 16.0 Å². The summed E-state index contributed by atoms with van der Waals surface area (Å²) in [5.74, 6) is 1.75. The van der Waals surface area contributed by atoms with E-state index in [1.54, 1.807) is 11.8 Å². The lowest BCUT2D eigenvalue weighted by Crippen LogP contribution is -2.36. The maximum atomic E-state index is 11.8. The molecule has 3 amide bonds. The fraction of sp³-hybridized carbons (Fsp3) is 0.333. The van der Waals surface area contributed by atoms with Crippen LogP contribution in [0.25, 0.3) is 0 Å². The van der Waals surface area contributed by atoms with Gasteiger partial charge in [0.25, 0.3) is 0 Å². The second kappa shape index (κ2) is 11.3. The van der Waals surface area contributed by atoms with Gasteiger partial charge in [0.2, 0.25) is 5.91 Å². The van der Waals surface area contributed by atoms with Crippen molar-refractivity contribution in [2.75, 3.05) is 17.6 Å². The molecule has 2 rings (SSSR count). The van der Waals surface area contributed by atoms with Gasteiger partial charge in [-0.2, -0.15) is 11.8 Å². The summed E-state index contributed by atoms with van der Waals surface area (Å²) in [5.41, 5.74) is 3.03. The van der Waals surface area contributed by atoms with Crippen LogP contribution >= 0.6 is 11.8 Å². The molecule has 2 aromatic carbocycles. The third kappa shape index (κ3) is 8.17. The number of thioether (sulfide) groups is 1. The molecule has 0 aliphatic rings. The number of hydrogen-bond acceptors (Lipinski definition) is 3. The number of hydrogen-bond donors (Lipinski definition) is 3. The van der Waals surface area contributed by atoms with E-state index in [4.69, 9.17) is 0 Å². The lowest BCUT2D eigenvalue weighted by atomic mass is 10.1. The van der Waals surface area contributed by atoms with E-state index >= 15 is 0 Å². The van der Waals surface area contributed by atoms with E-state index in [0.29, 0.717) is 13.1 Å². The van der Waals surface area contributed by atoms with Crippen LogP contribution in [0.4, 0.5) is 10.5 Å². The average Bonchev–Trinajstić information content (AvgIpc) is 2.68. The number of amides is 3. The molecule has 0 radical (unpaired) electrons. The molecule has 0 saturated heterocycles. The summed E-state index contributed by atoms with van der Waals surface area (Å²) < 4.78 is 0. The van der Waals surface area contributed by atoms with Gasteiger partial charge in [-0.15, -0.1) is 0 Å². The monoisotopic (exact) mass is 385 g/mol. The SMILES string of the molecule is CC(C)C(=O)Nc1ccc(CNC(=O)NCCSCc2ccccc2)cc1. The van der Waals surface area contributed by atoms with Gasteiger partial charge in [0.15, 0.2) is 0 Å². The highest BCUT2D eigenvalue weighted by atomic mass is 32.2. The van der Waals surface area contributed by atoms with Crippen molar-refractivity contribution < 1.29 is 9.59 Å². The smallest absolute Gasteiger partial charge is 0.315 e. The van der Waals surface area contributed by atoms with Crippen molar-refractivity contribution in [3.8, 4) is 0 Å². The summed E-state index contributed by atoms with van der Waals surface area (Å²) in [6, 6.07) is 17.6.